The SMILES string of the molecule is CC1CCCC(C)N1CCCCCNC(=O)C(=N)c1cccc(C#N)c1. The van der Waals surface area contributed by atoms with Crippen LogP contribution in [0, 0.1) is 16.7 Å². The van der Waals surface area contributed by atoms with Gasteiger partial charge < -0.3 is 5.32 Å². The molecule has 2 atom stereocenters. The molecule has 0 bridgehead atoms. The van der Waals surface area contributed by atoms with Crippen LogP contribution >= 0.6 is 0 Å². The van der Waals surface area contributed by atoms with Crippen LogP contribution < -0.4 is 5.32 Å². The lowest BCUT2D eigenvalue weighted by Crippen LogP contribution is -2.44. The molecule has 2 rings (SSSR count). The van der Waals surface area contributed by atoms with Crippen LogP contribution in [0.25, 0.3) is 0 Å². The third-order valence-corrected chi connectivity index (χ3v) is 5.26. The summed E-state index contributed by atoms with van der Waals surface area (Å²) in [7, 11) is 0. The Morgan fingerprint density at radius 1 is 1.27 bits per heavy atom. The van der Waals surface area contributed by atoms with Gasteiger partial charge in [0.15, 0.2) is 0 Å². The van der Waals surface area contributed by atoms with Gasteiger partial charge in [-0.3, -0.25) is 15.1 Å². The van der Waals surface area contributed by atoms with E-state index in [1.807, 2.05) is 6.07 Å². The lowest BCUT2D eigenvalue weighted by atomic mass is 9.97. The van der Waals surface area contributed by atoms with Gasteiger partial charge in [-0.1, -0.05) is 25.0 Å². The zero-order valence-corrected chi connectivity index (χ0v) is 15.9. The van der Waals surface area contributed by atoms with E-state index in [1.165, 1.54) is 19.3 Å². The maximum atomic E-state index is 12.1. The summed E-state index contributed by atoms with van der Waals surface area (Å²) in [5.41, 5.74) is 0.855. The van der Waals surface area contributed by atoms with Gasteiger partial charge in [0.25, 0.3) is 5.91 Å². The largest absolute Gasteiger partial charge is 0.351 e. The Labute approximate surface area is 156 Å². The van der Waals surface area contributed by atoms with Crippen LogP contribution in [0.15, 0.2) is 24.3 Å². The quantitative estimate of drug-likeness (QED) is 0.554. The van der Waals surface area contributed by atoms with E-state index in [1.54, 1.807) is 24.3 Å². The second kappa shape index (κ2) is 10.1. The Morgan fingerprint density at radius 3 is 2.69 bits per heavy atom. The minimum atomic E-state index is -0.377. The Kier molecular flexibility index (Phi) is 7.80. The average Bonchev–Trinajstić information content (AvgIpc) is 2.65. The van der Waals surface area contributed by atoms with Gasteiger partial charge >= 0.3 is 0 Å². The molecule has 140 valence electrons. The van der Waals surface area contributed by atoms with Crippen LogP contribution in [0.5, 0.6) is 0 Å². The molecule has 0 aliphatic carbocycles. The maximum absolute atomic E-state index is 12.1. The summed E-state index contributed by atoms with van der Waals surface area (Å²) in [6.07, 6.45) is 7.09. The number of nitrogens with one attached hydrogen (secondary N) is 2. The molecule has 0 saturated carbocycles. The molecule has 2 unspecified atom stereocenters. The molecule has 1 aliphatic heterocycles. The Morgan fingerprint density at radius 2 is 2.00 bits per heavy atom. The number of piperidine rings is 1. The second-order valence-corrected chi connectivity index (χ2v) is 7.25. The fourth-order valence-electron chi connectivity index (χ4n) is 3.68. The molecule has 1 fully saturated rings. The number of benzene rings is 1. The number of hydrogen-bond donors (Lipinski definition) is 2. The number of nitrogens with zero attached hydrogens (tertiary/aromatic N) is 2. The number of amides is 1. The number of carbonyl (C=O) groups is 1. The molecule has 1 aromatic rings. The van der Waals surface area contributed by atoms with Crippen LogP contribution in [0.2, 0.25) is 0 Å². The molecule has 0 spiro atoms. The zero-order valence-electron chi connectivity index (χ0n) is 15.9. The lowest BCUT2D eigenvalue weighted by molar-refractivity contribution is -0.114. The fourth-order valence-corrected chi connectivity index (χ4v) is 3.68. The summed E-state index contributed by atoms with van der Waals surface area (Å²) < 4.78 is 0. The van der Waals surface area contributed by atoms with Crippen molar-refractivity contribution in [2.75, 3.05) is 13.1 Å². The number of hydrogen-bond acceptors (Lipinski definition) is 4. The fraction of sp³-hybridized carbons (Fsp3) is 0.571. The number of unbranched alkanes of at least 4 members (excludes halogenated alkanes) is 2. The van der Waals surface area contributed by atoms with Crippen LogP contribution in [-0.2, 0) is 4.79 Å². The molecule has 0 radical (unpaired) electrons. The molecule has 1 amide bonds. The van der Waals surface area contributed by atoms with Gasteiger partial charge in [-0.15, -0.1) is 0 Å². The van der Waals surface area contributed by atoms with Crippen LogP contribution in [0.1, 0.15) is 63.5 Å². The van der Waals surface area contributed by atoms with Crippen LogP contribution in [0.4, 0.5) is 0 Å². The molecule has 1 heterocycles. The monoisotopic (exact) mass is 354 g/mol. The Bertz CT molecular complexity index is 654. The highest BCUT2D eigenvalue weighted by atomic mass is 16.1. The van der Waals surface area contributed by atoms with E-state index in [9.17, 15) is 4.79 Å². The zero-order chi connectivity index (χ0) is 18.9. The summed E-state index contributed by atoms with van der Waals surface area (Å²) >= 11 is 0. The van der Waals surface area contributed by atoms with E-state index in [0.29, 0.717) is 29.8 Å². The van der Waals surface area contributed by atoms with E-state index < -0.39 is 0 Å². The number of rotatable bonds is 8. The maximum Gasteiger partial charge on any atom is 0.269 e. The Balaban J connectivity index is 1.65. The van der Waals surface area contributed by atoms with E-state index in [2.05, 4.69) is 24.1 Å². The van der Waals surface area contributed by atoms with E-state index >= 15 is 0 Å². The van der Waals surface area contributed by atoms with E-state index in [-0.39, 0.29) is 11.6 Å². The summed E-state index contributed by atoms with van der Waals surface area (Å²) in [6, 6.07) is 10.0. The first kappa shape index (κ1) is 20.1. The van der Waals surface area contributed by atoms with Crippen LogP contribution in [-0.4, -0.2) is 41.7 Å². The molecule has 1 aromatic carbocycles. The second-order valence-electron chi connectivity index (χ2n) is 7.25. The number of likely N-dealkylation sites (tertiary alicyclic amines) is 1. The van der Waals surface area contributed by atoms with Gasteiger partial charge in [-0.05, 0) is 58.2 Å². The highest BCUT2D eigenvalue weighted by molar-refractivity contribution is 6.44. The summed E-state index contributed by atoms with van der Waals surface area (Å²) in [6.45, 7) is 6.36. The van der Waals surface area contributed by atoms with Crippen molar-refractivity contribution in [3.63, 3.8) is 0 Å². The normalized spacial score (nSPS) is 20.3. The summed E-state index contributed by atoms with van der Waals surface area (Å²) in [5.74, 6) is -0.377. The smallest absolute Gasteiger partial charge is 0.269 e. The highest BCUT2D eigenvalue weighted by Gasteiger charge is 2.23. The van der Waals surface area contributed by atoms with E-state index in [4.69, 9.17) is 10.7 Å². The van der Waals surface area contributed by atoms with Gasteiger partial charge in [0.1, 0.15) is 5.71 Å². The first-order valence-corrected chi connectivity index (χ1v) is 9.66. The summed E-state index contributed by atoms with van der Waals surface area (Å²) in [5, 5.41) is 19.7. The van der Waals surface area contributed by atoms with Crippen molar-refractivity contribution in [3.8, 4) is 6.07 Å². The highest BCUT2D eigenvalue weighted by Crippen LogP contribution is 2.22. The van der Waals surface area contributed by atoms with Gasteiger partial charge in [-0.2, -0.15) is 5.26 Å². The topological polar surface area (TPSA) is 80.0 Å². The van der Waals surface area contributed by atoms with Gasteiger partial charge in [0.2, 0.25) is 0 Å². The molecule has 2 N–H and O–H groups in total. The third-order valence-electron chi connectivity index (χ3n) is 5.26. The van der Waals surface area contributed by atoms with Gasteiger partial charge in [0, 0.05) is 24.2 Å². The molecule has 5 heteroatoms. The number of nitriles is 1. The van der Waals surface area contributed by atoms with Crippen molar-refractivity contribution in [3.05, 3.63) is 35.4 Å². The molecular formula is C21H30N4O. The van der Waals surface area contributed by atoms with Gasteiger partial charge in [-0.25, -0.2) is 0 Å². The molecular weight excluding hydrogens is 324 g/mol. The number of carbonyl (C=O) groups excluding carboxylic acids is 1. The average molecular weight is 354 g/mol. The lowest BCUT2D eigenvalue weighted by Gasteiger charge is -2.39. The molecule has 1 aliphatic rings. The van der Waals surface area contributed by atoms with Crippen molar-refractivity contribution >= 4 is 11.6 Å². The Hall–Kier alpha value is -2.19. The molecule has 5 nitrogen and oxygen atoms in total. The summed E-state index contributed by atoms with van der Waals surface area (Å²) in [4.78, 5) is 14.7. The first-order valence-electron chi connectivity index (χ1n) is 9.66. The van der Waals surface area contributed by atoms with Crippen molar-refractivity contribution in [1.82, 2.24) is 10.2 Å². The molecule has 26 heavy (non-hydrogen) atoms. The standard InChI is InChI=1S/C21H30N4O/c1-16-8-6-9-17(2)25(16)13-5-3-4-12-24-21(26)20(23)19-11-7-10-18(14-19)15-22/h7,10-11,14,16-17,23H,3-6,8-9,12-13H2,1-2H3,(H,24,26). The van der Waals surface area contributed by atoms with Crippen molar-refractivity contribution in [1.29, 1.82) is 10.7 Å². The predicted molar refractivity (Wildman–Crippen MR) is 104 cm³/mol. The van der Waals surface area contributed by atoms with Crippen molar-refractivity contribution in [2.24, 2.45) is 0 Å². The molecule has 0 aromatic heterocycles. The first-order chi connectivity index (χ1) is 12.5. The van der Waals surface area contributed by atoms with Crippen LogP contribution in [0.3, 0.4) is 0 Å². The predicted octanol–water partition coefficient (Wildman–Crippen LogP) is 3.48. The minimum absolute atomic E-state index is 0.0851. The minimum Gasteiger partial charge on any atom is -0.351 e. The third kappa shape index (κ3) is 5.67. The van der Waals surface area contributed by atoms with Crippen molar-refractivity contribution in [2.45, 2.75) is 64.5 Å². The van der Waals surface area contributed by atoms with E-state index in [0.717, 1.165) is 25.8 Å². The van der Waals surface area contributed by atoms with Gasteiger partial charge in [0.05, 0.1) is 11.6 Å². The molecule has 1 saturated heterocycles. The van der Waals surface area contributed by atoms with Crippen molar-refractivity contribution < 1.29 is 4.79 Å².